The van der Waals surface area contributed by atoms with Gasteiger partial charge in [-0.15, -0.1) is 0 Å². The van der Waals surface area contributed by atoms with Gasteiger partial charge in [-0.05, 0) is 37.1 Å². The van der Waals surface area contributed by atoms with E-state index in [-0.39, 0.29) is 23.7 Å². The van der Waals surface area contributed by atoms with Gasteiger partial charge < -0.3 is 9.52 Å². The Labute approximate surface area is 181 Å². The molecule has 158 valence electrons. The van der Waals surface area contributed by atoms with Gasteiger partial charge in [0.2, 0.25) is 0 Å². The first-order valence-electron chi connectivity index (χ1n) is 9.37. The van der Waals surface area contributed by atoms with Crippen LogP contribution in [-0.4, -0.2) is 32.7 Å². The van der Waals surface area contributed by atoms with Crippen LogP contribution in [0.15, 0.2) is 39.7 Å². The average Bonchev–Trinajstić information content (AvgIpc) is 3.24. The standard InChI is InChI=1S/C21H19F2NO4S2/c22-13-6-8-15(16(23)11-13)17-9-7-14(28-17)12-18-20(27)24(21(29)30-18)10-4-2-1-3-5-19(25)26/h6-9,11-12H,1-5,10H2,(H,25,26). The van der Waals surface area contributed by atoms with E-state index in [1.807, 2.05) is 0 Å². The number of unbranched alkanes of at least 4 members (excludes halogenated alkanes) is 3. The van der Waals surface area contributed by atoms with Crippen LogP contribution in [0.1, 0.15) is 37.9 Å². The molecule has 1 amide bonds. The molecular weight excluding hydrogens is 432 g/mol. The van der Waals surface area contributed by atoms with Gasteiger partial charge in [0.1, 0.15) is 27.5 Å². The van der Waals surface area contributed by atoms with Crippen molar-refractivity contribution >= 4 is 46.3 Å². The molecule has 0 saturated carbocycles. The molecule has 0 spiro atoms. The third-order valence-corrected chi connectivity index (χ3v) is 5.87. The number of carbonyl (C=O) groups excluding carboxylic acids is 1. The van der Waals surface area contributed by atoms with Crippen LogP contribution < -0.4 is 0 Å². The highest BCUT2D eigenvalue weighted by Crippen LogP contribution is 2.34. The second kappa shape index (κ2) is 9.99. The number of carbonyl (C=O) groups is 2. The second-order valence-electron chi connectivity index (χ2n) is 6.72. The number of rotatable bonds is 9. The van der Waals surface area contributed by atoms with Crippen LogP contribution in [0.3, 0.4) is 0 Å². The van der Waals surface area contributed by atoms with Gasteiger partial charge in [0.25, 0.3) is 5.91 Å². The zero-order valence-electron chi connectivity index (χ0n) is 15.9. The summed E-state index contributed by atoms with van der Waals surface area (Å²) in [4.78, 5) is 25.1. The highest BCUT2D eigenvalue weighted by atomic mass is 32.2. The third kappa shape index (κ3) is 5.54. The normalized spacial score (nSPS) is 15.4. The Morgan fingerprint density at radius 2 is 1.93 bits per heavy atom. The van der Waals surface area contributed by atoms with Crippen molar-refractivity contribution in [2.24, 2.45) is 0 Å². The number of carboxylic acid groups (broad SMARTS) is 1. The van der Waals surface area contributed by atoms with Crippen molar-refractivity contribution in [3.05, 3.63) is 52.6 Å². The minimum Gasteiger partial charge on any atom is -0.481 e. The average molecular weight is 452 g/mol. The van der Waals surface area contributed by atoms with Crippen LogP contribution in [0, 0.1) is 11.6 Å². The quantitative estimate of drug-likeness (QED) is 0.310. The number of halogens is 2. The molecule has 0 atom stereocenters. The van der Waals surface area contributed by atoms with E-state index >= 15 is 0 Å². The number of thioether (sulfide) groups is 1. The molecule has 3 rings (SSSR count). The van der Waals surface area contributed by atoms with Crippen molar-refractivity contribution in [1.82, 2.24) is 4.90 Å². The Kier molecular flexibility index (Phi) is 7.38. The fourth-order valence-corrected chi connectivity index (χ4v) is 4.27. The zero-order valence-corrected chi connectivity index (χ0v) is 17.5. The number of carboxylic acids is 1. The smallest absolute Gasteiger partial charge is 0.303 e. The number of thiocarbonyl (C=S) groups is 1. The lowest BCUT2D eigenvalue weighted by atomic mass is 10.1. The van der Waals surface area contributed by atoms with E-state index in [1.165, 1.54) is 22.7 Å². The highest BCUT2D eigenvalue weighted by Gasteiger charge is 2.31. The van der Waals surface area contributed by atoms with Crippen molar-refractivity contribution < 1.29 is 27.9 Å². The minimum absolute atomic E-state index is 0.131. The molecule has 1 aromatic carbocycles. The zero-order chi connectivity index (χ0) is 21.7. The molecule has 1 fully saturated rings. The maximum atomic E-state index is 13.9. The molecular formula is C21H19F2NO4S2. The first kappa shape index (κ1) is 22.2. The van der Waals surface area contributed by atoms with E-state index < -0.39 is 17.6 Å². The SMILES string of the molecule is O=C(O)CCCCCCN1C(=O)C(=Cc2ccc(-c3ccc(F)cc3F)o2)SC1=S. The van der Waals surface area contributed by atoms with Gasteiger partial charge >= 0.3 is 5.97 Å². The molecule has 0 aliphatic carbocycles. The largest absolute Gasteiger partial charge is 0.481 e. The van der Waals surface area contributed by atoms with E-state index in [0.29, 0.717) is 28.0 Å². The summed E-state index contributed by atoms with van der Waals surface area (Å²) in [5.41, 5.74) is 0.131. The van der Waals surface area contributed by atoms with E-state index in [2.05, 4.69) is 0 Å². The number of nitrogens with zero attached hydrogens (tertiary/aromatic N) is 1. The van der Waals surface area contributed by atoms with Crippen LogP contribution in [0.5, 0.6) is 0 Å². The fourth-order valence-electron chi connectivity index (χ4n) is 2.99. The van der Waals surface area contributed by atoms with Crippen LogP contribution in [-0.2, 0) is 9.59 Å². The number of benzene rings is 1. The van der Waals surface area contributed by atoms with Gasteiger partial charge in [-0.1, -0.05) is 36.8 Å². The predicted molar refractivity (Wildman–Crippen MR) is 115 cm³/mol. The van der Waals surface area contributed by atoms with E-state index in [4.69, 9.17) is 21.7 Å². The lowest BCUT2D eigenvalue weighted by Gasteiger charge is -2.13. The van der Waals surface area contributed by atoms with Gasteiger partial charge in [0.15, 0.2) is 0 Å². The predicted octanol–water partition coefficient (Wildman–Crippen LogP) is 5.46. The number of amides is 1. The molecule has 1 N–H and O–H groups in total. The Balaban J connectivity index is 1.60. The number of hydrogen-bond donors (Lipinski definition) is 1. The second-order valence-corrected chi connectivity index (χ2v) is 8.39. The molecule has 2 aromatic rings. The maximum absolute atomic E-state index is 13.9. The number of furan rings is 1. The first-order chi connectivity index (χ1) is 14.3. The summed E-state index contributed by atoms with van der Waals surface area (Å²) in [7, 11) is 0. The van der Waals surface area contributed by atoms with Gasteiger partial charge in [-0.3, -0.25) is 14.5 Å². The van der Waals surface area contributed by atoms with Crippen LogP contribution in [0.25, 0.3) is 17.4 Å². The van der Waals surface area contributed by atoms with E-state index in [9.17, 15) is 18.4 Å². The molecule has 2 heterocycles. The summed E-state index contributed by atoms with van der Waals surface area (Å²) < 4.78 is 33.1. The van der Waals surface area contributed by atoms with Crippen molar-refractivity contribution in [3.8, 4) is 11.3 Å². The fraction of sp³-hybridized carbons (Fsp3) is 0.286. The van der Waals surface area contributed by atoms with Gasteiger partial charge in [0, 0.05) is 25.1 Å². The van der Waals surface area contributed by atoms with E-state index in [0.717, 1.165) is 31.4 Å². The van der Waals surface area contributed by atoms with Crippen LogP contribution in [0.4, 0.5) is 8.78 Å². The van der Waals surface area contributed by atoms with Gasteiger partial charge in [0.05, 0.1) is 10.5 Å². The van der Waals surface area contributed by atoms with E-state index in [1.54, 1.807) is 18.2 Å². The summed E-state index contributed by atoms with van der Waals surface area (Å²) in [5.74, 6) is -1.83. The lowest BCUT2D eigenvalue weighted by Crippen LogP contribution is -2.29. The number of hydrogen-bond acceptors (Lipinski definition) is 5. The molecule has 0 radical (unpaired) electrons. The van der Waals surface area contributed by atoms with Crippen molar-refractivity contribution in [3.63, 3.8) is 0 Å². The van der Waals surface area contributed by atoms with Crippen molar-refractivity contribution in [1.29, 1.82) is 0 Å². The Morgan fingerprint density at radius 1 is 1.17 bits per heavy atom. The van der Waals surface area contributed by atoms with Crippen molar-refractivity contribution in [2.75, 3.05) is 6.54 Å². The van der Waals surface area contributed by atoms with Crippen LogP contribution in [0.2, 0.25) is 0 Å². The molecule has 1 aliphatic rings. The molecule has 30 heavy (non-hydrogen) atoms. The Bertz CT molecular complexity index is 1000. The monoisotopic (exact) mass is 451 g/mol. The maximum Gasteiger partial charge on any atom is 0.303 e. The topological polar surface area (TPSA) is 70.8 Å². The molecule has 1 aromatic heterocycles. The molecule has 5 nitrogen and oxygen atoms in total. The summed E-state index contributed by atoms with van der Waals surface area (Å²) in [5, 5.41) is 8.63. The lowest BCUT2D eigenvalue weighted by molar-refractivity contribution is -0.137. The third-order valence-electron chi connectivity index (χ3n) is 4.49. The van der Waals surface area contributed by atoms with Crippen LogP contribution >= 0.6 is 24.0 Å². The molecule has 0 bridgehead atoms. The molecule has 9 heteroatoms. The summed E-state index contributed by atoms with van der Waals surface area (Å²) in [6.45, 7) is 0.472. The molecule has 1 aliphatic heterocycles. The summed E-state index contributed by atoms with van der Waals surface area (Å²) in [6.07, 6.45) is 4.64. The van der Waals surface area contributed by atoms with Gasteiger partial charge in [-0.2, -0.15) is 0 Å². The molecule has 1 saturated heterocycles. The van der Waals surface area contributed by atoms with Crippen molar-refractivity contribution in [2.45, 2.75) is 32.1 Å². The Morgan fingerprint density at radius 3 is 2.67 bits per heavy atom. The Hall–Kier alpha value is -2.52. The number of aliphatic carboxylic acids is 1. The minimum atomic E-state index is -0.805. The van der Waals surface area contributed by atoms with Gasteiger partial charge in [-0.25, -0.2) is 8.78 Å². The highest BCUT2D eigenvalue weighted by molar-refractivity contribution is 8.26. The summed E-state index contributed by atoms with van der Waals surface area (Å²) in [6, 6.07) is 6.38. The summed E-state index contributed by atoms with van der Waals surface area (Å²) >= 11 is 6.46. The molecule has 0 unspecified atom stereocenters. The first-order valence-corrected chi connectivity index (χ1v) is 10.6.